The zero-order valence-corrected chi connectivity index (χ0v) is 14.6. The van der Waals surface area contributed by atoms with Crippen LogP contribution in [0, 0.1) is 0 Å². The van der Waals surface area contributed by atoms with Crippen molar-refractivity contribution in [2.45, 2.75) is 83.3 Å². The molecule has 3 rings (SSSR count). The number of carbonyl (C=O) groups is 2. The third kappa shape index (κ3) is 3.62. The number of hydrogen-bond donors (Lipinski definition) is 0. The summed E-state index contributed by atoms with van der Waals surface area (Å²) in [5.74, 6) is -2.45. The standard InChI is InChI=1S/C16H24O8/c1-8(17)6-10(18)20-12-11(9-7-19-15(2,3)22-9)21-14-13(12)23-16(4,5)24-14/h9,11-14H,6-7H2,1-5H3/t9-,11-,12+,13+,14+/m0/s1. The van der Waals surface area contributed by atoms with Gasteiger partial charge in [0.1, 0.15) is 24.4 Å². The van der Waals surface area contributed by atoms with Gasteiger partial charge >= 0.3 is 5.97 Å². The molecule has 0 spiro atoms. The minimum Gasteiger partial charge on any atom is -0.456 e. The lowest BCUT2D eigenvalue weighted by atomic mass is 10.1. The van der Waals surface area contributed by atoms with Crippen LogP contribution in [-0.4, -0.2) is 60.6 Å². The first-order valence-corrected chi connectivity index (χ1v) is 8.08. The molecule has 8 heteroatoms. The quantitative estimate of drug-likeness (QED) is 0.549. The fourth-order valence-corrected chi connectivity index (χ4v) is 3.21. The molecule has 3 heterocycles. The fourth-order valence-electron chi connectivity index (χ4n) is 3.21. The van der Waals surface area contributed by atoms with E-state index < -0.39 is 48.2 Å². The first kappa shape index (κ1) is 17.8. The zero-order chi connectivity index (χ0) is 17.7. The molecule has 5 atom stereocenters. The first-order valence-electron chi connectivity index (χ1n) is 8.08. The van der Waals surface area contributed by atoms with Gasteiger partial charge in [0.15, 0.2) is 30.1 Å². The van der Waals surface area contributed by atoms with Crippen LogP contribution in [0.3, 0.4) is 0 Å². The van der Waals surface area contributed by atoms with Crippen molar-refractivity contribution in [3.05, 3.63) is 0 Å². The maximum absolute atomic E-state index is 12.0. The Bertz CT molecular complexity index is 528. The van der Waals surface area contributed by atoms with Crippen LogP contribution in [0.5, 0.6) is 0 Å². The molecule has 3 fully saturated rings. The molecule has 0 aliphatic carbocycles. The minimum atomic E-state index is -0.835. The van der Waals surface area contributed by atoms with E-state index in [-0.39, 0.29) is 12.2 Å². The largest absolute Gasteiger partial charge is 0.456 e. The van der Waals surface area contributed by atoms with Crippen LogP contribution >= 0.6 is 0 Å². The highest BCUT2D eigenvalue weighted by molar-refractivity contribution is 5.94. The number of ether oxygens (including phenoxy) is 6. The first-order chi connectivity index (χ1) is 11.1. The van der Waals surface area contributed by atoms with E-state index in [1.807, 2.05) is 0 Å². The molecular formula is C16H24O8. The highest BCUT2D eigenvalue weighted by atomic mass is 16.8. The Hall–Kier alpha value is -1.06. The summed E-state index contributed by atoms with van der Waals surface area (Å²) in [7, 11) is 0. The molecule has 0 bridgehead atoms. The Balaban J connectivity index is 1.75. The normalized spacial score (nSPS) is 39.6. The third-order valence-electron chi connectivity index (χ3n) is 4.08. The van der Waals surface area contributed by atoms with E-state index in [4.69, 9.17) is 28.4 Å². The molecule has 8 nitrogen and oxygen atoms in total. The summed E-state index contributed by atoms with van der Waals surface area (Å²) in [6.45, 7) is 8.76. The molecular weight excluding hydrogens is 320 g/mol. The predicted molar refractivity (Wildman–Crippen MR) is 78.8 cm³/mol. The number of fused-ring (bicyclic) bond motifs is 1. The summed E-state index contributed by atoms with van der Waals surface area (Å²) in [5, 5.41) is 0. The van der Waals surface area contributed by atoms with Crippen LogP contribution in [0.25, 0.3) is 0 Å². The van der Waals surface area contributed by atoms with Gasteiger partial charge in [0.25, 0.3) is 0 Å². The molecule has 0 aromatic carbocycles. The molecule has 0 unspecified atom stereocenters. The highest BCUT2D eigenvalue weighted by Gasteiger charge is 2.60. The van der Waals surface area contributed by atoms with Gasteiger partial charge < -0.3 is 28.4 Å². The van der Waals surface area contributed by atoms with Gasteiger partial charge in [-0.25, -0.2) is 0 Å². The molecule has 24 heavy (non-hydrogen) atoms. The maximum Gasteiger partial charge on any atom is 0.313 e. The molecule has 0 saturated carbocycles. The van der Waals surface area contributed by atoms with E-state index in [2.05, 4.69) is 0 Å². The van der Waals surface area contributed by atoms with Gasteiger partial charge in [-0.15, -0.1) is 0 Å². The summed E-state index contributed by atoms with van der Waals surface area (Å²) in [6, 6.07) is 0. The van der Waals surface area contributed by atoms with Crippen molar-refractivity contribution in [2.75, 3.05) is 6.61 Å². The van der Waals surface area contributed by atoms with Gasteiger partial charge in [-0.3, -0.25) is 9.59 Å². The Morgan fingerprint density at radius 2 is 1.75 bits per heavy atom. The van der Waals surface area contributed by atoms with Crippen LogP contribution in [0.15, 0.2) is 0 Å². The van der Waals surface area contributed by atoms with Crippen molar-refractivity contribution in [2.24, 2.45) is 0 Å². The molecule has 0 aromatic rings. The summed E-state index contributed by atoms with van der Waals surface area (Å²) in [4.78, 5) is 23.1. The summed E-state index contributed by atoms with van der Waals surface area (Å²) in [6.07, 6.45) is -3.27. The molecule has 0 amide bonds. The van der Waals surface area contributed by atoms with E-state index in [9.17, 15) is 9.59 Å². The third-order valence-corrected chi connectivity index (χ3v) is 4.08. The van der Waals surface area contributed by atoms with E-state index in [1.54, 1.807) is 27.7 Å². The van der Waals surface area contributed by atoms with E-state index in [0.717, 1.165) is 0 Å². The zero-order valence-electron chi connectivity index (χ0n) is 14.6. The second-order valence-electron chi connectivity index (χ2n) is 7.27. The van der Waals surface area contributed by atoms with Gasteiger partial charge in [-0.1, -0.05) is 0 Å². The van der Waals surface area contributed by atoms with Gasteiger partial charge in [0.2, 0.25) is 0 Å². The summed E-state index contributed by atoms with van der Waals surface area (Å²) >= 11 is 0. The van der Waals surface area contributed by atoms with Crippen molar-refractivity contribution in [1.82, 2.24) is 0 Å². The SMILES string of the molecule is CC(=O)CC(=O)O[C@@H]1[C@H]([C@@H]2COC(C)(C)O2)O[C@@H]2OC(C)(C)O[C@@H]21. The Morgan fingerprint density at radius 1 is 1.04 bits per heavy atom. The van der Waals surface area contributed by atoms with Crippen molar-refractivity contribution < 1.29 is 38.0 Å². The predicted octanol–water partition coefficient (Wildman–Crippen LogP) is 0.905. The maximum atomic E-state index is 12.0. The molecule has 0 radical (unpaired) electrons. The van der Waals surface area contributed by atoms with Crippen molar-refractivity contribution in [1.29, 1.82) is 0 Å². The van der Waals surface area contributed by atoms with Gasteiger partial charge in [0, 0.05) is 0 Å². The Kier molecular flexibility index (Phi) is 4.46. The lowest BCUT2D eigenvalue weighted by Gasteiger charge is -2.28. The molecule has 3 aliphatic rings. The lowest BCUT2D eigenvalue weighted by Crippen LogP contribution is -2.45. The monoisotopic (exact) mass is 344 g/mol. The van der Waals surface area contributed by atoms with E-state index in [1.165, 1.54) is 6.92 Å². The molecule has 0 N–H and O–H groups in total. The van der Waals surface area contributed by atoms with Crippen LogP contribution < -0.4 is 0 Å². The fraction of sp³-hybridized carbons (Fsp3) is 0.875. The van der Waals surface area contributed by atoms with E-state index >= 15 is 0 Å². The van der Waals surface area contributed by atoms with Gasteiger partial charge in [-0.2, -0.15) is 0 Å². The van der Waals surface area contributed by atoms with Crippen molar-refractivity contribution in [3.63, 3.8) is 0 Å². The second kappa shape index (κ2) is 6.03. The van der Waals surface area contributed by atoms with Crippen LogP contribution in [0.2, 0.25) is 0 Å². The molecule has 3 aliphatic heterocycles. The highest BCUT2D eigenvalue weighted by Crippen LogP contribution is 2.42. The average molecular weight is 344 g/mol. The lowest BCUT2D eigenvalue weighted by molar-refractivity contribution is -0.235. The Morgan fingerprint density at radius 3 is 2.33 bits per heavy atom. The van der Waals surface area contributed by atoms with Crippen LogP contribution in [0.1, 0.15) is 41.0 Å². The van der Waals surface area contributed by atoms with E-state index in [0.29, 0.717) is 6.61 Å². The van der Waals surface area contributed by atoms with Gasteiger partial charge in [-0.05, 0) is 34.6 Å². The molecule has 0 aromatic heterocycles. The number of carbonyl (C=O) groups excluding carboxylic acids is 2. The number of Topliss-reactive ketones (excluding diaryl/α,β-unsaturated/α-hetero) is 1. The van der Waals surface area contributed by atoms with Crippen LogP contribution in [0.4, 0.5) is 0 Å². The minimum absolute atomic E-state index is 0.266. The van der Waals surface area contributed by atoms with Crippen LogP contribution in [-0.2, 0) is 38.0 Å². The summed E-state index contributed by atoms with van der Waals surface area (Å²) in [5.41, 5.74) is 0. The topological polar surface area (TPSA) is 89.5 Å². The smallest absolute Gasteiger partial charge is 0.313 e. The molecule has 3 saturated heterocycles. The molecule has 136 valence electrons. The van der Waals surface area contributed by atoms with Gasteiger partial charge in [0.05, 0.1) is 6.61 Å². The number of ketones is 1. The second-order valence-corrected chi connectivity index (χ2v) is 7.27. The number of hydrogen-bond acceptors (Lipinski definition) is 8. The Labute approximate surface area is 140 Å². The average Bonchev–Trinajstić information content (AvgIpc) is 3.00. The van der Waals surface area contributed by atoms with Crippen molar-refractivity contribution >= 4 is 11.8 Å². The number of esters is 1. The van der Waals surface area contributed by atoms with Crippen molar-refractivity contribution in [3.8, 4) is 0 Å². The number of rotatable bonds is 4. The summed E-state index contributed by atoms with van der Waals surface area (Å²) < 4.78 is 34.3.